The van der Waals surface area contributed by atoms with E-state index in [4.69, 9.17) is 21.1 Å². The Hall–Kier alpha value is -3.60. The largest absolute Gasteiger partial charge is 0.454 e. The summed E-state index contributed by atoms with van der Waals surface area (Å²) in [5.74, 6) is 0.311. The highest BCUT2D eigenvalue weighted by Crippen LogP contribution is 2.37. The van der Waals surface area contributed by atoms with Gasteiger partial charge in [0.05, 0.1) is 16.2 Å². The van der Waals surface area contributed by atoms with Crippen LogP contribution >= 0.6 is 11.6 Å². The quantitative estimate of drug-likeness (QED) is 0.454. The molecule has 0 atom stereocenters. The van der Waals surface area contributed by atoms with Gasteiger partial charge in [0.15, 0.2) is 0 Å². The van der Waals surface area contributed by atoms with Gasteiger partial charge < -0.3 is 19.8 Å². The topological polar surface area (TPSA) is 104 Å². The number of amides is 1. The summed E-state index contributed by atoms with van der Waals surface area (Å²) in [6.45, 7) is 8.09. The molecule has 1 aliphatic rings. The summed E-state index contributed by atoms with van der Waals surface area (Å²) >= 11 is 6.47. The smallest absolute Gasteiger partial charge is 0.255 e. The van der Waals surface area contributed by atoms with E-state index in [0.29, 0.717) is 29.5 Å². The van der Waals surface area contributed by atoms with Crippen molar-refractivity contribution in [3.63, 3.8) is 0 Å². The number of hydrogen-bond donors (Lipinski definition) is 2. The van der Waals surface area contributed by atoms with Crippen molar-refractivity contribution in [3.05, 3.63) is 81.2 Å². The zero-order chi connectivity index (χ0) is 26.1. The van der Waals surface area contributed by atoms with Crippen molar-refractivity contribution in [1.29, 1.82) is 5.26 Å². The fourth-order valence-corrected chi connectivity index (χ4v) is 5.11. The summed E-state index contributed by atoms with van der Waals surface area (Å²) in [5, 5.41) is 13.1. The van der Waals surface area contributed by atoms with Crippen molar-refractivity contribution < 1.29 is 14.3 Å². The molecule has 0 spiro atoms. The fourth-order valence-electron chi connectivity index (χ4n) is 4.89. The Labute approximate surface area is 215 Å². The molecule has 3 aromatic rings. The van der Waals surface area contributed by atoms with Crippen LogP contribution in [0.1, 0.15) is 56.5 Å². The van der Waals surface area contributed by atoms with E-state index in [-0.39, 0.29) is 50.8 Å². The van der Waals surface area contributed by atoms with Gasteiger partial charge in [0, 0.05) is 28.9 Å². The van der Waals surface area contributed by atoms with E-state index in [9.17, 15) is 14.9 Å². The molecule has 1 fully saturated rings. The van der Waals surface area contributed by atoms with Crippen molar-refractivity contribution in [2.45, 2.75) is 57.8 Å². The number of ether oxygens (including phenoxy) is 2. The second-order valence-electron chi connectivity index (χ2n) is 10.2. The molecule has 1 saturated heterocycles. The van der Waals surface area contributed by atoms with Crippen LogP contribution in [-0.2, 0) is 4.74 Å². The summed E-state index contributed by atoms with van der Waals surface area (Å²) < 4.78 is 12.1. The Morgan fingerprint density at radius 3 is 2.42 bits per heavy atom. The number of nitriles is 1. The summed E-state index contributed by atoms with van der Waals surface area (Å²) in [5.41, 5.74) is 0.426. The number of aromatic nitrogens is 1. The van der Waals surface area contributed by atoms with Crippen LogP contribution in [0, 0.1) is 11.3 Å². The lowest BCUT2D eigenvalue weighted by atomic mass is 9.85. The van der Waals surface area contributed by atoms with Gasteiger partial charge in [-0.1, -0.05) is 23.7 Å². The molecule has 0 bridgehead atoms. The minimum Gasteiger partial charge on any atom is -0.454 e. The van der Waals surface area contributed by atoms with E-state index in [2.05, 4.69) is 16.4 Å². The third-order valence-electron chi connectivity index (χ3n) is 6.02. The average Bonchev–Trinajstić information content (AvgIpc) is 2.78. The number of carbonyl (C=O) groups excluding carboxylic acids is 1. The van der Waals surface area contributed by atoms with E-state index < -0.39 is 0 Å². The lowest BCUT2D eigenvalue weighted by molar-refractivity contribution is -0.162. The molecule has 0 aliphatic carbocycles. The van der Waals surface area contributed by atoms with Crippen LogP contribution in [0.2, 0.25) is 5.02 Å². The van der Waals surface area contributed by atoms with Gasteiger partial charge in [-0.2, -0.15) is 5.26 Å². The number of hydrogen-bond acceptors (Lipinski definition) is 5. The first-order valence-corrected chi connectivity index (χ1v) is 12.1. The van der Waals surface area contributed by atoms with E-state index in [1.165, 1.54) is 6.20 Å². The van der Waals surface area contributed by atoms with Crippen molar-refractivity contribution in [3.8, 4) is 28.7 Å². The standard InChI is InChI=1S/C28H28ClN3O4/c1-27(2)14-18(15-28(3,4)36-27)32-25(33)17-10-11-24(22(29)13-17)35-23-9-5-7-19(21(23)16-30)20-8-6-12-31-26(20)34/h5-13,18H,14-15H2,1-4H3,(H,31,34)(H,32,33). The van der Waals surface area contributed by atoms with Gasteiger partial charge in [-0.05, 0) is 76.9 Å². The van der Waals surface area contributed by atoms with E-state index in [0.717, 1.165) is 0 Å². The highest BCUT2D eigenvalue weighted by Gasteiger charge is 2.39. The molecule has 4 rings (SSSR count). The number of benzene rings is 2. The predicted molar refractivity (Wildman–Crippen MR) is 138 cm³/mol. The molecule has 0 radical (unpaired) electrons. The van der Waals surface area contributed by atoms with Gasteiger partial charge >= 0.3 is 0 Å². The van der Waals surface area contributed by atoms with Crippen LogP contribution < -0.4 is 15.6 Å². The average molecular weight is 506 g/mol. The molecule has 2 heterocycles. The number of carbonyl (C=O) groups is 1. The molecular weight excluding hydrogens is 478 g/mol. The molecule has 2 aromatic carbocycles. The Morgan fingerprint density at radius 1 is 1.08 bits per heavy atom. The number of nitrogens with zero attached hydrogens (tertiary/aromatic N) is 1. The van der Waals surface area contributed by atoms with Gasteiger partial charge in [0.1, 0.15) is 23.1 Å². The zero-order valence-electron chi connectivity index (χ0n) is 20.6. The first-order chi connectivity index (χ1) is 17.0. The maximum atomic E-state index is 13.0. The van der Waals surface area contributed by atoms with Crippen LogP contribution in [0.25, 0.3) is 11.1 Å². The maximum Gasteiger partial charge on any atom is 0.255 e. The Bertz CT molecular complexity index is 1390. The molecule has 2 N–H and O–H groups in total. The number of halogens is 1. The monoisotopic (exact) mass is 505 g/mol. The molecule has 1 aromatic heterocycles. The van der Waals surface area contributed by atoms with Gasteiger partial charge in [-0.3, -0.25) is 9.59 Å². The van der Waals surface area contributed by atoms with Gasteiger partial charge in [0.2, 0.25) is 0 Å². The second kappa shape index (κ2) is 9.81. The van der Waals surface area contributed by atoms with E-state index in [1.54, 1.807) is 48.5 Å². The summed E-state index contributed by atoms with van der Waals surface area (Å²) in [4.78, 5) is 27.8. The Balaban J connectivity index is 1.55. The molecule has 36 heavy (non-hydrogen) atoms. The minimum atomic E-state index is -0.341. The van der Waals surface area contributed by atoms with Crippen LogP contribution in [0.5, 0.6) is 11.5 Å². The van der Waals surface area contributed by atoms with Crippen molar-refractivity contribution in [1.82, 2.24) is 10.3 Å². The molecule has 0 unspecified atom stereocenters. The third kappa shape index (κ3) is 5.62. The first-order valence-electron chi connectivity index (χ1n) is 11.7. The van der Waals surface area contributed by atoms with Crippen LogP contribution in [0.15, 0.2) is 59.5 Å². The number of pyridine rings is 1. The van der Waals surface area contributed by atoms with Crippen LogP contribution in [0.4, 0.5) is 0 Å². The lowest BCUT2D eigenvalue weighted by Crippen LogP contribution is -2.52. The summed E-state index contributed by atoms with van der Waals surface area (Å²) in [7, 11) is 0. The van der Waals surface area contributed by atoms with Crippen LogP contribution in [0.3, 0.4) is 0 Å². The predicted octanol–water partition coefficient (Wildman–Crippen LogP) is 5.83. The van der Waals surface area contributed by atoms with Gasteiger partial charge in [-0.15, -0.1) is 0 Å². The van der Waals surface area contributed by atoms with Crippen molar-refractivity contribution in [2.24, 2.45) is 0 Å². The lowest BCUT2D eigenvalue weighted by Gasteiger charge is -2.45. The first kappa shape index (κ1) is 25.5. The normalized spacial score (nSPS) is 16.7. The molecule has 186 valence electrons. The summed E-state index contributed by atoms with van der Waals surface area (Å²) in [6, 6.07) is 15.2. The maximum absolute atomic E-state index is 13.0. The highest BCUT2D eigenvalue weighted by molar-refractivity contribution is 6.32. The van der Waals surface area contributed by atoms with Crippen LogP contribution in [-0.4, -0.2) is 28.1 Å². The number of aromatic amines is 1. The zero-order valence-corrected chi connectivity index (χ0v) is 21.4. The van der Waals surface area contributed by atoms with Crippen molar-refractivity contribution in [2.75, 3.05) is 0 Å². The number of nitrogens with one attached hydrogen (secondary N) is 2. The van der Waals surface area contributed by atoms with E-state index >= 15 is 0 Å². The highest BCUT2D eigenvalue weighted by atomic mass is 35.5. The molecule has 7 nitrogen and oxygen atoms in total. The van der Waals surface area contributed by atoms with E-state index in [1.807, 2.05) is 27.7 Å². The molecule has 1 amide bonds. The molecule has 8 heteroatoms. The summed E-state index contributed by atoms with van der Waals surface area (Å²) in [6.07, 6.45) is 2.93. The van der Waals surface area contributed by atoms with Crippen molar-refractivity contribution >= 4 is 17.5 Å². The SMILES string of the molecule is CC1(C)CC(NC(=O)c2ccc(Oc3cccc(-c4ccc[nH]c4=O)c3C#N)c(Cl)c2)CC(C)(C)O1. The fraction of sp³-hybridized carbons (Fsp3) is 0.321. The molecule has 0 saturated carbocycles. The number of rotatable bonds is 5. The number of H-pyrrole nitrogens is 1. The van der Waals surface area contributed by atoms with Gasteiger partial charge in [0.25, 0.3) is 11.5 Å². The minimum absolute atomic E-state index is 0.0342. The molecular formula is C28H28ClN3O4. The Morgan fingerprint density at radius 2 is 1.78 bits per heavy atom. The second-order valence-corrected chi connectivity index (χ2v) is 10.6. The molecule has 1 aliphatic heterocycles. The van der Waals surface area contributed by atoms with Gasteiger partial charge in [-0.25, -0.2) is 0 Å². The third-order valence-corrected chi connectivity index (χ3v) is 6.32. The Kier molecular flexibility index (Phi) is 6.94.